The minimum absolute atomic E-state index is 0.489. The van der Waals surface area contributed by atoms with Crippen LogP contribution in [0.5, 0.6) is 0 Å². The van der Waals surface area contributed by atoms with Crippen molar-refractivity contribution in [3.63, 3.8) is 0 Å². The van der Waals surface area contributed by atoms with Crippen LogP contribution in [0, 0.1) is 0 Å². The molecular formula is C13H19ClN4. The van der Waals surface area contributed by atoms with Crippen LogP contribution < -0.4 is 10.6 Å². The van der Waals surface area contributed by atoms with Gasteiger partial charge in [0.25, 0.3) is 0 Å². The molecule has 0 aliphatic carbocycles. The third-order valence-corrected chi connectivity index (χ3v) is 4.28. The number of rotatable bonds is 2. The first-order valence-electron chi connectivity index (χ1n) is 6.61. The zero-order chi connectivity index (χ0) is 12.5. The van der Waals surface area contributed by atoms with Crippen molar-refractivity contribution in [2.45, 2.75) is 25.4 Å². The lowest BCUT2D eigenvalue weighted by Gasteiger charge is -2.38. The highest BCUT2D eigenvalue weighted by molar-refractivity contribution is 6.33. The molecule has 2 saturated heterocycles. The van der Waals surface area contributed by atoms with Gasteiger partial charge in [-0.2, -0.15) is 0 Å². The molecule has 0 amide bonds. The fourth-order valence-electron chi connectivity index (χ4n) is 3.00. The van der Waals surface area contributed by atoms with Gasteiger partial charge >= 0.3 is 0 Å². The van der Waals surface area contributed by atoms with Crippen LogP contribution >= 0.6 is 11.6 Å². The summed E-state index contributed by atoms with van der Waals surface area (Å²) in [6.45, 7) is 4.94. The highest BCUT2D eigenvalue weighted by Crippen LogP contribution is 2.29. The summed E-state index contributed by atoms with van der Waals surface area (Å²) in [5.74, 6) is 0.917. The molecule has 0 spiro atoms. The Bertz CT molecular complexity index is 437. The molecule has 2 aliphatic rings. The van der Waals surface area contributed by atoms with E-state index in [4.69, 9.17) is 17.3 Å². The van der Waals surface area contributed by atoms with E-state index in [1.165, 1.54) is 19.4 Å². The van der Waals surface area contributed by atoms with Crippen molar-refractivity contribution >= 4 is 17.4 Å². The predicted octanol–water partition coefficient (Wildman–Crippen LogP) is 1.48. The van der Waals surface area contributed by atoms with Gasteiger partial charge in [-0.05, 0) is 31.0 Å². The molecule has 2 aliphatic heterocycles. The lowest BCUT2D eigenvalue weighted by Crippen LogP contribution is -2.50. The second kappa shape index (κ2) is 5.03. The van der Waals surface area contributed by atoms with Crippen LogP contribution in [0.3, 0.4) is 0 Å². The van der Waals surface area contributed by atoms with Gasteiger partial charge in [0, 0.05) is 38.4 Å². The van der Waals surface area contributed by atoms with E-state index in [0.29, 0.717) is 12.6 Å². The maximum Gasteiger partial charge on any atom is 0.147 e. The molecule has 1 aromatic rings. The van der Waals surface area contributed by atoms with Crippen molar-refractivity contribution in [2.75, 3.05) is 31.1 Å². The zero-order valence-corrected chi connectivity index (χ0v) is 11.2. The van der Waals surface area contributed by atoms with Crippen molar-refractivity contribution in [3.8, 4) is 0 Å². The predicted molar refractivity (Wildman–Crippen MR) is 73.9 cm³/mol. The fraction of sp³-hybridized carbons (Fsp3) is 0.615. The molecule has 5 heteroatoms. The Balaban J connectivity index is 1.78. The van der Waals surface area contributed by atoms with Crippen LogP contribution in [0.1, 0.15) is 18.4 Å². The topological polar surface area (TPSA) is 45.4 Å². The van der Waals surface area contributed by atoms with Gasteiger partial charge < -0.3 is 10.6 Å². The number of hydrogen-bond acceptors (Lipinski definition) is 4. The van der Waals surface area contributed by atoms with Crippen molar-refractivity contribution in [2.24, 2.45) is 5.73 Å². The number of fused-ring (bicyclic) bond motifs is 1. The van der Waals surface area contributed by atoms with Gasteiger partial charge in [-0.15, -0.1) is 0 Å². The molecule has 98 valence electrons. The van der Waals surface area contributed by atoms with Gasteiger partial charge in [-0.1, -0.05) is 11.6 Å². The van der Waals surface area contributed by atoms with E-state index in [1.807, 2.05) is 12.3 Å². The third-order valence-electron chi connectivity index (χ3n) is 4.00. The number of anilines is 1. The maximum atomic E-state index is 6.31. The van der Waals surface area contributed by atoms with Crippen LogP contribution in [-0.2, 0) is 6.54 Å². The number of nitrogens with two attached hydrogens (primary N) is 1. The second-order valence-electron chi connectivity index (χ2n) is 5.13. The smallest absolute Gasteiger partial charge is 0.147 e. The first kappa shape index (κ1) is 12.2. The molecule has 18 heavy (non-hydrogen) atoms. The highest BCUT2D eigenvalue weighted by atomic mass is 35.5. The van der Waals surface area contributed by atoms with Crippen LogP contribution in [-0.4, -0.2) is 42.1 Å². The number of aromatic nitrogens is 1. The molecular weight excluding hydrogens is 248 g/mol. The Kier molecular flexibility index (Phi) is 3.41. The average molecular weight is 267 g/mol. The molecule has 0 aromatic carbocycles. The summed E-state index contributed by atoms with van der Waals surface area (Å²) in [7, 11) is 0. The van der Waals surface area contributed by atoms with Gasteiger partial charge in [0.1, 0.15) is 5.82 Å². The molecule has 2 fully saturated rings. The van der Waals surface area contributed by atoms with Crippen LogP contribution in [0.4, 0.5) is 5.82 Å². The van der Waals surface area contributed by atoms with E-state index in [0.717, 1.165) is 36.0 Å². The summed E-state index contributed by atoms with van der Waals surface area (Å²) < 4.78 is 0. The minimum Gasteiger partial charge on any atom is -0.353 e. The lowest BCUT2D eigenvalue weighted by molar-refractivity contribution is 0.230. The monoisotopic (exact) mass is 266 g/mol. The number of nitrogens with zero attached hydrogens (tertiary/aromatic N) is 3. The van der Waals surface area contributed by atoms with Gasteiger partial charge in [-0.25, -0.2) is 4.98 Å². The van der Waals surface area contributed by atoms with E-state index in [1.54, 1.807) is 0 Å². The molecule has 2 N–H and O–H groups in total. The van der Waals surface area contributed by atoms with Gasteiger partial charge in [-0.3, -0.25) is 4.90 Å². The highest BCUT2D eigenvalue weighted by Gasteiger charge is 2.31. The minimum atomic E-state index is 0.489. The molecule has 1 aromatic heterocycles. The van der Waals surface area contributed by atoms with Gasteiger partial charge in [0.05, 0.1) is 5.02 Å². The summed E-state index contributed by atoms with van der Waals surface area (Å²) in [6.07, 6.45) is 4.46. The summed E-state index contributed by atoms with van der Waals surface area (Å²) in [5, 5.41) is 0.726. The Morgan fingerprint density at radius 2 is 2.28 bits per heavy atom. The van der Waals surface area contributed by atoms with Gasteiger partial charge in [0.2, 0.25) is 0 Å². The fourth-order valence-corrected chi connectivity index (χ4v) is 3.31. The first-order valence-corrected chi connectivity index (χ1v) is 6.99. The molecule has 3 rings (SSSR count). The Hall–Kier alpha value is -0.840. The van der Waals surface area contributed by atoms with E-state index in [9.17, 15) is 0 Å². The van der Waals surface area contributed by atoms with Crippen molar-refractivity contribution in [3.05, 3.63) is 22.8 Å². The van der Waals surface area contributed by atoms with Crippen molar-refractivity contribution in [1.82, 2.24) is 9.88 Å². The van der Waals surface area contributed by atoms with E-state index in [-0.39, 0.29) is 0 Å². The Morgan fingerprint density at radius 1 is 1.39 bits per heavy atom. The molecule has 4 nitrogen and oxygen atoms in total. The van der Waals surface area contributed by atoms with Crippen molar-refractivity contribution < 1.29 is 0 Å². The number of hydrogen-bond donors (Lipinski definition) is 1. The lowest BCUT2D eigenvalue weighted by atomic mass is 10.1. The molecule has 0 saturated carbocycles. The third kappa shape index (κ3) is 2.20. The molecule has 0 radical (unpaired) electrons. The normalized spacial score (nSPS) is 24.3. The second-order valence-corrected chi connectivity index (χ2v) is 5.54. The average Bonchev–Trinajstić information content (AvgIpc) is 2.85. The van der Waals surface area contributed by atoms with Crippen molar-refractivity contribution in [1.29, 1.82) is 0 Å². The number of piperazine rings is 1. The SMILES string of the molecule is NCc1cnc(N2CCN3CCCC3C2)c(Cl)c1. The standard InChI is InChI=1S/C13H19ClN4/c14-12-6-10(7-15)8-16-13(12)18-5-4-17-3-1-2-11(17)9-18/h6,8,11H,1-5,7,9,15H2. The summed E-state index contributed by atoms with van der Waals surface area (Å²) in [4.78, 5) is 9.38. The summed E-state index contributed by atoms with van der Waals surface area (Å²) >= 11 is 6.31. The molecule has 1 atom stereocenters. The number of pyridine rings is 1. The summed E-state index contributed by atoms with van der Waals surface area (Å²) in [5.41, 5.74) is 6.59. The Morgan fingerprint density at radius 3 is 3.06 bits per heavy atom. The first-order chi connectivity index (χ1) is 8.78. The van der Waals surface area contributed by atoms with Crippen LogP contribution in [0.2, 0.25) is 5.02 Å². The molecule has 3 heterocycles. The van der Waals surface area contributed by atoms with E-state index >= 15 is 0 Å². The quantitative estimate of drug-likeness (QED) is 0.881. The molecule has 1 unspecified atom stereocenters. The molecule has 0 bridgehead atoms. The van der Waals surface area contributed by atoms with Crippen LogP contribution in [0.25, 0.3) is 0 Å². The van der Waals surface area contributed by atoms with Crippen LogP contribution in [0.15, 0.2) is 12.3 Å². The number of halogens is 1. The Labute approximate surface area is 113 Å². The van der Waals surface area contributed by atoms with E-state index < -0.39 is 0 Å². The maximum absolute atomic E-state index is 6.31. The van der Waals surface area contributed by atoms with E-state index in [2.05, 4.69) is 14.8 Å². The summed E-state index contributed by atoms with van der Waals surface area (Å²) in [6, 6.07) is 2.62. The zero-order valence-electron chi connectivity index (χ0n) is 10.5. The van der Waals surface area contributed by atoms with Gasteiger partial charge in [0.15, 0.2) is 0 Å². The largest absolute Gasteiger partial charge is 0.353 e.